The van der Waals surface area contributed by atoms with Crippen LogP contribution in [0.5, 0.6) is 0 Å². The largest absolute Gasteiger partial charge is 0.481 e. The number of hydrogen-bond donors (Lipinski definition) is 3. The van der Waals surface area contributed by atoms with Crippen LogP contribution >= 0.6 is 0 Å². The zero-order valence-corrected chi connectivity index (χ0v) is 25.9. The van der Waals surface area contributed by atoms with Gasteiger partial charge < -0.3 is 25.0 Å². The van der Waals surface area contributed by atoms with Gasteiger partial charge in [0, 0.05) is 50.5 Å². The molecule has 5 atom stereocenters. The SMILES string of the molecule is CC1(C)CC2CC(C)(CN2C[C@H]2C[C@@H](c3ccc(CO)cc3)O[C@@H](c3ccc(CNC(=O)CCCCC(=O)O)cc3)O2)C1. The van der Waals surface area contributed by atoms with Crippen LogP contribution in [-0.2, 0) is 32.2 Å². The number of aliphatic carboxylic acids is 1. The highest BCUT2D eigenvalue weighted by atomic mass is 16.7. The van der Waals surface area contributed by atoms with Gasteiger partial charge in [-0.2, -0.15) is 0 Å². The topological polar surface area (TPSA) is 108 Å². The second kappa shape index (κ2) is 13.5. The summed E-state index contributed by atoms with van der Waals surface area (Å²) in [5.74, 6) is -0.907. The maximum Gasteiger partial charge on any atom is 0.303 e. The highest BCUT2D eigenvalue weighted by Gasteiger charge is 2.50. The zero-order valence-electron chi connectivity index (χ0n) is 25.9. The van der Waals surface area contributed by atoms with Gasteiger partial charge in [-0.1, -0.05) is 69.3 Å². The Morgan fingerprint density at radius 3 is 2.30 bits per heavy atom. The molecule has 1 amide bonds. The molecule has 8 nitrogen and oxygen atoms in total. The summed E-state index contributed by atoms with van der Waals surface area (Å²) in [7, 11) is 0. The fourth-order valence-corrected chi connectivity index (χ4v) is 7.73. The molecule has 3 N–H and O–H groups in total. The van der Waals surface area contributed by atoms with Gasteiger partial charge in [-0.15, -0.1) is 0 Å². The van der Waals surface area contributed by atoms with Crippen LogP contribution < -0.4 is 5.32 Å². The lowest BCUT2D eigenvalue weighted by Crippen LogP contribution is -2.42. The molecule has 2 aromatic rings. The average Bonchev–Trinajstić information content (AvgIpc) is 3.21. The van der Waals surface area contributed by atoms with Crippen molar-refractivity contribution >= 4 is 11.9 Å². The first-order valence-corrected chi connectivity index (χ1v) is 15.8. The summed E-state index contributed by atoms with van der Waals surface area (Å²) in [6.45, 7) is 9.70. The third-order valence-electron chi connectivity index (χ3n) is 9.36. The van der Waals surface area contributed by atoms with Gasteiger partial charge in [-0.25, -0.2) is 0 Å². The number of fused-ring (bicyclic) bond motifs is 2. The molecule has 2 unspecified atom stereocenters. The van der Waals surface area contributed by atoms with Crippen molar-refractivity contribution in [3.63, 3.8) is 0 Å². The van der Waals surface area contributed by atoms with Crippen LogP contribution in [0.4, 0.5) is 0 Å². The summed E-state index contributed by atoms with van der Waals surface area (Å²) >= 11 is 0. The number of rotatable bonds is 12. The molecule has 3 aliphatic rings. The fraction of sp³-hybridized carbons (Fsp3) is 0.600. The third kappa shape index (κ3) is 8.44. The molecule has 43 heavy (non-hydrogen) atoms. The zero-order chi connectivity index (χ0) is 30.6. The monoisotopic (exact) mass is 592 g/mol. The lowest BCUT2D eigenvalue weighted by molar-refractivity contribution is -0.253. The summed E-state index contributed by atoms with van der Waals surface area (Å²) in [6.07, 6.45) is 5.40. The number of carbonyl (C=O) groups excluding carboxylic acids is 1. The van der Waals surface area contributed by atoms with Crippen molar-refractivity contribution < 1.29 is 29.3 Å². The van der Waals surface area contributed by atoms with Gasteiger partial charge in [-0.05, 0) is 59.6 Å². The standard InChI is InChI=1S/C35H48N2O6/c1-34(2)17-28-18-35(3,22-34)23-37(28)20-29-16-30(26-12-10-25(21-38)11-13-26)43-33(42-29)27-14-8-24(9-15-27)19-36-31(39)6-4-5-7-32(40)41/h8-15,28-30,33,38H,4-7,16-23H2,1-3H3,(H,36,39)(H,40,41)/t28?,29-,30+,33+,35?/m1/s1. The quantitative estimate of drug-likeness (QED) is 0.264. The minimum absolute atomic E-state index is 0.0170. The number of nitrogens with zero attached hydrogens (tertiary/aromatic N) is 1. The van der Waals surface area contributed by atoms with Gasteiger partial charge in [-0.3, -0.25) is 14.5 Å². The van der Waals surface area contributed by atoms with E-state index in [9.17, 15) is 14.7 Å². The molecule has 2 saturated heterocycles. The number of carboxylic acids is 1. The highest BCUT2D eigenvalue weighted by molar-refractivity contribution is 5.75. The molecular formula is C35H48N2O6. The molecule has 2 bridgehead atoms. The van der Waals surface area contributed by atoms with Crippen molar-refractivity contribution in [1.82, 2.24) is 10.2 Å². The normalized spacial score (nSPS) is 28.5. The van der Waals surface area contributed by atoms with E-state index >= 15 is 0 Å². The Balaban J connectivity index is 1.24. The molecule has 2 aromatic carbocycles. The molecule has 3 fully saturated rings. The van der Waals surface area contributed by atoms with Gasteiger partial charge in [0.2, 0.25) is 5.91 Å². The van der Waals surface area contributed by atoms with E-state index in [4.69, 9.17) is 14.6 Å². The van der Waals surface area contributed by atoms with Crippen LogP contribution in [0.1, 0.15) is 107 Å². The molecular weight excluding hydrogens is 544 g/mol. The Morgan fingerprint density at radius 2 is 1.60 bits per heavy atom. The van der Waals surface area contributed by atoms with Crippen molar-refractivity contribution in [1.29, 1.82) is 0 Å². The van der Waals surface area contributed by atoms with Crippen LogP contribution in [-0.4, -0.2) is 52.2 Å². The first kappa shape index (κ1) is 31.6. The smallest absolute Gasteiger partial charge is 0.303 e. The van der Waals surface area contributed by atoms with Gasteiger partial charge in [0.15, 0.2) is 6.29 Å². The van der Waals surface area contributed by atoms with E-state index in [1.165, 1.54) is 19.3 Å². The molecule has 2 heterocycles. The number of amides is 1. The van der Waals surface area contributed by atoms with Crippen LogP contribution in [0.3, 0.4) is 0 Å². The first-order valence-electron chi connectivity index (χ1n) is 15.8. The molecule has 1 aliphatic carbocycles. The maximum atomic E-state index is 12.2. The first-order chi connectivity index (χ1) is 20.5. The fourth-order valence-electron chi connectivity index (χ4n) is 7.73. The number of ether oxygens (including phenoxy) is 2. The Hall–Kier alpha value is -2.78. The van der Waals surface area contributed by atoms with E-state index in [2.05, 4.69) is 43.1 Å². The number of aliphatic hydroxyl groups is 1. The lowest BCUT2D eigenvalue weighted by atomic mass is 9.65. The number of carboxylic acid groups (broad SMARTS) is 1. The van der Waals surface area contributed by atoms with E-state index in [1.54, 1.807) is 0 Å². The molecule has 0 radical (unpaired) electrons. The lowest BCUT2D eigenvalue weighted by Gasteiger charge is -2.41. The van der Waals surface area contributed by atoms with Gasteiger partial charge >= 0.3 is 5.97 Å². The molecule has 0 spiro atoms. The van der Waals surface area contributed by atoms with E-state index in [1.807, 2.05) is 36.4 Å². The Bertz CT molecular complexity index is 1250. The number of unbranched alkanes of at least 4 members (excludes halogenated alkanes) is 1. The maximum absolute atomic E-state index is 12.2. The molecule has 234 valence electrons. The van der Waals surface area contributed by atoms with Crippen molar-refractivity contribution in [2.24, 2.45) is 10.8 Å². The Kier molecular flexibility index (Phi) is 9.91. The van der Waals surface area contributed by atoms with Crippen molar-refractivity contribution in [3.8, 4) is 0 Å². The number of carbonyl (C=O) groups is 2. The van der Waals surface area contributed by atoms with Crippen molar-refractivity contribution in [2.45, 2.75) is 110 Å². The summed E-state index contributed by atoms with van der Waals surface area (Å²) in [5, 5.41) is 21.2. The van der Waals surface area contributed by atoms with Crippen LogP contribution in [0, 0.1) is 10.8 Å². The Morgan fingerprint density at radius 1 is 0.930 bits per heavy atom. The second-order valence-electron chi connectivity index (χ2n) is 14.1. The van der Waals surface area contributed by atoms with Crippen LogP contribution in [0.2, 0.25) is 0 Å². The van der Waals surface area contributed by atoms with E-state index in [0.717, 1.165) is 41.8 Å². The summed E-state index contributed by atoms with van der Waals surface area (Å²) < 4.78 is 13.2. The van der Waals surface area contributed by atoms with Crippen molar-refractivity contribution in [3.05, 3.63) is 70.8 Å². The van der Waals surface area contributed by atoms with Crippen molar-refractivity contribution in [2.75, 3.05) is 13.1 Å². The number of hydrogen-bond acceptors (Lipinski definition) is 6. The Labute approximate surface area is 255 Å². The highest BCUT2D eigenvalue weighted by Crippen LogP contribution is 2.53. The van der Waals surface area contributed by atoms with Crippen LogP contribution in [0.25, 0.3) is 0 Å². The van der Waals surface area contributed by atoms with E-state index < -0.39 is 12.3 Å². The number of aliphatic hydroxyl groups excluding tert-OH is 1. The minimum atomic E-state index is -0.833. The summed E-state index contributed by atoms with van der Waals surface area (Å²) in [6, 6.07) is 16.6. The number of benzene rings is 2. The average molecular weight is 593 g/mol. The number of likely N-dealkylation sites (tertiary alicyclic amines) is 1. The number of nitrogens with one attached hydrogen (secondary N) is 1. The predicted octanol–water partition coefficient (Wildman–Crippen LogP) is 5.89. The molecule has 2 aliphatic heterocycles. The summed E-state index contributed by atoms with van der Waals surface area (Å²) in [4.78, 5) is 25.5. The molecule has 1 saturated carbocycles. The molecule has 5 rings (SSSR count). The second-order valence-corrected chi connectivity index (χ2v) is 14.1. The minimum Gasteiger partial charge on any atom is -0.481 e. The van der Waals surface area contributed by atoms with Crippen LogP contribution in [0.15, 0.2) is 48.5 Å². The molecule has 0 aromatic heterocycles. The molecule has 8 heteroatoms. The van der Waals surface area contributed by atoms with Gasteiger partial charge in [0.1, 0.15) is 0 Å². The van der Waals surface area contributed by atoms with Gasteiger partial charge in [0.25, 0.3) is 0 Å². The van der Waals surface area contributed by atoms with E-state index in [-0.39, 0.29) is 31.1 Å². The third-order valence-corrected chi connectivity index (χ3v) is 9.36. The van der Waals surface area contributed by atoms with Gasteiger partial charge in [0.05, 0.1) is 18.8 Å². The summed E-state index contributed by atoms with van der Waals surface area (Å²) in [5.41, 5.74) is 4.62. The van der Waals surface area contributed by atoms with E-state index in [0.29, 0.717) is 42.7 Å². The predicted molar refractivity (Wildman–Crippen MR) is 164 cm³/mol.